The van der Waals surface area contributed by atoms with Crippen molar-refractivity contribution in [3.05, 3.63) is 23.2 Å². The van der Waals surface area contributed by atoms with Crippen molar-refractivity contribution >= 4 is 22.4 Å². The minimum absolute atomic E-state index is 0.000741. The van der Waals surface area contributed by atoms with Crippen molar-refractivity contribution in [3.8, 4) is 0 Å². The number of hydrogen-bond acceptors (Lipinski definition) is 4. The van der Waals surface area contributed by atoms with Crippen molar-refractivity contribution < 1.29 is 4.79 Å². The number of carbonyl (C=O) groups excluding carboxylic acids is 1. The molecule has 0 saturated carbocycles. The fraction of sp³-hybridized carbons (Fsp3) is 0.400. The third-order valence-corrected chi connectivity index (χ3v) is 3.30. The van der Waals surface area contributed by atoms with E-state index >= 15 is 0 Å². The van der Waals surface area contributed by atoms with E-state index in [-0.39, 0.29) is 11.4 Å². The van der Waals surface area contributed by atoms with Crippen LogP contribution in [0.4, 0.5) is 5.13 Å². The van der Waals surface area contributed by atoms with Crippen LogP contribution >= 0.6 is 11.3 Å². The standard InChI is InChI=1S/C10H13N3OS/c1-10(2)4-3-5-13(10)8(14)7-6-12-9(11)15-7/h3-4,6H,5H2,1-2H3,(H2,11,12). The molecule has 1 aromatic rings. The maximum Gasteiger partial charge on any atom is 0.266 e. The van der Waals surface area contributed by atoms with E-state index in [1.807, 2.05) is 26.0 Å². The number of anilines is 1. The summed E-state index contributed by atoms with van der Waals surface area (Å²) in [6.45, 7) is 4.68. The Morgan fingerprint density at radius 1 is 1.67 bits per heavy atom. The minimum Gasteiger partial charge on any atom is -0.375 e. The lowest BCUT2D eigenvalue weighted by Crippen LogP contribution is -2.42. The van der Waals surface area contributed by atoms with Crippen LogP contribution in [0.1, 0.15) is 23.5 Å². The summed E-state index contributed by atoms with van der Waals surface area (Å²) in [7, 11) is 0. The van der Waals surface area contributed by atoms with E-state index in [0.717, 1.165) is 0 Å². The molecule has 2 rings (SSSR count). The fourth-order valence-electron chi connectivity index (χ4n) is 1.64. The SMILES string of the molecule is CC1(C)C=CCN1C(=O)c1cnc(N)s1. The molecule has 0 bridgehead atoms. The van der Waals surface area contributed by atoms with Gasteiger partial charge in [0.05, 0.1) is 11.7 Å². The van der Waals surface area contributed by atoms with E-state index in [1.54, 1.807) is 4.90 Å². The van der Waals surface area contributed by atoms with Crippen LogP contribution < -0.4 is 5.73 Å². The zero-order chi connectivity index (χ0) is 11.1. The van der Waals surface area contributed by atoms with Gasteiger partial charge in [0.1, 0.15) is 4.88 Å². The van der Waals surface area contributed by atoms with Gasteiger partial charge in [-0.05, 0) is 13.8 Å². The molecular formula is C10H13N3OS. The molecule has 1 aromatic heterocycles. The molecule has 2 heterocycles. The van der Waals surface area contributed by atoms with Crippen LogP contribution in [-0.2, 0) is 0 Å². The van der Waals surface area contributed by atoms with Crippen molar-refractivity contribution in [1.82, 2.24) is 9.88 Å². The van der Waals surface area contributed by atoms with E-state index in [2.05, 4.69) is 4.98 Å². The van der Waals surface area contributed by atoms with E-state index in [9.17, 15) is 4.79 Å². The van der Waals surface area contributed by atoms with Gasteiger partial charge in [0.25, 0.3) is 5.91 Å². The number of amides is 1. The van der Waals surface area contributed by atoms with Crippen LogP contribution in [0.25, 0.3) is 0 Å². The van der Waals surface area contributed by atoms with Crippen molar-refractivity contribution in [2.45, 2.75) is 19.4 Å². The lowest BCUT2D eigenvalue weighted by Gasteiger charge is -2.30. The van der Waals surface area contributed by atoms with Crippen LogP contribution in [0.2, 0.25) is 0 Å². The summed E-state index contributed by atoms with van der Waals surface area (Å²) in [5.41, 5.74) is 5.29. The van der Waals surface area contributed by atoms with Crippen LogP contribution in [0.5, 0.6) is 0 Å². The van der Waals surface area contributed by atoms with E-state index in [1.165, 1.54) is 17.5 Å². The number of nitrogen functional groups attached to an aromatic ring is 1. The fourth-order valence-corrected chi connectivity index (χ4v) is 2.27. The number of hydrogen-bond donors (Lipinski definition) is 1. The maximum absolute atomic E-state index is 12.1. The van der Waals surface area contributed by atoms with Crippen LogP contribution in [0.3, 0.4) is 0 Å². The Hall–Kier alpha value is -1.36. The molecule has 0 fully saturated rings. The van der Waals surface area contributed by atoms with Gasteiger partial charge < -0.3 is 10.6 Å². The molecule has 1 amide bonds. The molecule has 5 heteroatoms. The average Bonchev–Trinajstić information content (AvgIpc) is 2.70. The summed E-state index contributed by atoms with van der Waals surface area (Å²) in [5, 5.41) is 0.434. The quantitative estimate of drug-likeness (QED) is 0.734. The van der Waals surface area contributed by atoms with E-state index in [0.29, 0.717) is 16.6 Å². The summed E-state index contributed by atoms with van der Waals surface area (Å²) < 4.78 is 0. The van der Waals surface area contributed by atoms with Crippen LogP contribution in [0, 0.1) is 0 Å². The smallest absolute Gasteiger partial charge is 0.266 e. The third-order valence-electron chi connectivity index (χ3n) is 2.49. The summed E-state index contributed by atoms with van der Waals surface area (Å²) in [4.78, 5) is 18.4. The molecule has 0 saturated heterocycles. The lowest BCUT2D eigenvalue weighted by molar-refractivity contribution is 0.0686. The Morgan fingerprint density at radius 3 is 2.87 bits per heavy atom. The highest BCUT2D eigenvalue weighted by molar-refractivity contribution is 7.17. The molecule has 0 aliphatic carbocycles. The van der Waals surface area contributed by atoms with Gasteiger partial charge in [0, 0.05) is 6.54 Å². The number of aromatic nitrogens is 1. The van der Waals surface area contributed by atoms with E-state index < -0.39 is 0 Å². The Bertz CT molecular complexity index is 422. The highest BCUT2D eigenvalue weighted by Gasteiger charge is 2.32. The predicted octanol–water partition coefficient (Wildman–Crippen LogP) is 1.52. The Balaban J connectivity index is 2.23. The normalized spacial score (nSPS) is 18.4. The summed E-state index contributed by atoms with van der Waals surface area (Å²) in [5.74, 6) is -0.000741. The Labute approximate surface area is 92.4 Å². The Morgan fingerprint density at radius 2 is 2.40 bits per heavy atom. The van der Waals surface area contributed by atoms with Crippen molar-refractivity contribution in [2.75, 3.05) is 12.3 Å². The number of thiazole rings is 1. The molecule has 4 nitrogen and oxygen atoms in total. The molecule has 1 aliphatic heterocycles. The molecule has 15 heavy (non-hydrogen) atoms. The molecule has 0 radical (unpaired) electrons. The number of rotatable bonds is 1. The molecule has 0 aromatic carbocycles. The first-order valence-electron chi connectivity index (χ1n) is 4.72. The second kappa shape index (κ2) is 3.34. The zero-order valence-corrected chi connectivity index (χ0v) is 9.54. The maximum atomic E-state index is 12.1. The topological polar surface area (TPSA) is 59.2 Å². The van der Waals surface area contributed by atoms with Crippen molar-refractivity contribution in [2.24, 2.45) is 0 Å². The van der Waals surface area contributed by atoms with Gasteiger partial charge >= 0.3 is 0 Å². The average molecular weight is 223 g/mol. The zero-order valence-electron chi connectivity index (χ0n) is 8.73. The molecule has 0 unspecified atom stereocenters. The molecule has 2 N–H and O–H groups in total. The van der Waals surface area contributed by atoms with Gasteiger partial charge in [-0.2, -0.15) is 0 Å². The van der Waals surface area contributed by atoms with E-state index in [4.69, 9.17) is 5.73 Å². The number of nitrogens with two attached hydrogens (primary N) is 1. The number of nitrogens with zero attached hydrogens (tertiary/aromatic N) is 2. The summed E-state index contributed by atoms with van der Waals surface area (Å²) >= 11 is 1.23. The predicted molar refractivity (Wildman–Crippen MR) is 60.8 cm³/mol. The van der Waals surface area contributed by atoms with Gasteiger partial charge in [-0.15, -0.1) is 0 Å². The van der Waals surface area contributed by atoms with Gasteiger partial charge in [0.2, 0.25) is 0 Å². The molecule has 1 aliphatic rings. The monoisotopic (exact) mass is 223 g/mol. The largest absolute Gasteiger partial charge is 0.375 e. The van der Waals surface area contributed by atoms with Crippen LogP contribution in [-0.4, -0.2) is 27.9 Å². The first-order chi connectivity index (χ1) is 7.00. The number of carbonyl (C=O) groups is 1. The first-order valence-corrected chi connectivity index (χ1v) is 5.53. The van der Waals surface area contributed by atoms with Gasteiger partial charge in [-0.25, -0.2) is 4.98 Å². The minimum atomic E-state index is -0.212. The second-order valence-electron chi connectivity index (χ2n) is 4.03. The summed E-state index contributed by atoms with van der Waals surface area (Å²) in [6.07, 6.45) is 5.58. The molecular weight excluding hydrogens is 210 g/mol. The first kappa shape index (κ1) is 10.2. The molecule has 0 atom stereocenters. The highest BCUT2D eigenvalue weighted by atomic mass is 32.1. The molecule has 80 valence electrons. The van der Waals surface area contributed by atoms with Gasteiger partial charge in [-0.1, -0.05) is 23.5 Å². The second-order valence-corrected chi connectivity index (χ2v) is 5.10. The van der Waals surface area contributed by atoms with Crippen molar-refractivity contribution in [1.29, 1.82) is 0 Å². The third kappa shape index (κ3) is 1.74. The Kier molecular flexibility index (Phi) is 2.26. The lowest BCUT2D eigenvalue weighted by atomic mass is 10.1. The highest BCUT2D eigenvalue weighted by Crippen LogP contribution is 2.26. The van der Waals surface area contributed by atoms with Crippen molar-refractivity contribution in [3.63, 3.8) is 0 Å². The summed E-state index contributed by atoms with van der Waals surface area (Å²) in [6, 6.07) is 0. The van der Waals surface area contributed by atoms with Gasteiger partial charge in [-0.3, -0.25) is 4.79 Å². The van der Waals surface area contributed by atoms with Crippen LogP contribution in [0.15, 0.2) is 18.3 Å². The van der Waals surface area contributed by atoms with Gasteiger partial charge in [0.15, 0.2) is 5.13 Å². The molecule has 0 spiro atoms.